The molecule has 1 aliphatic heterocycles. The van der Waals surface area contributed by atoms with Gasteiger partial charge in [-0.1, -0.05) is 19.1 Å². The zero-order chi connectivity index (χ0) is 20.5. The van der Waals surface area contributed by atoms with E-state index in [-0.39, 0.29) is 23.5 Å². The maximum atomic E-state index is 13.3. The van der Waals surface area contributed by atoms with E-state index in [1.165, 1.54) is 0 Å². The molecule has 0 saturated heterocycles. The highest BCUT2D eigenvalue weighted by Gasteiger charge is 2.44. The maximum Gasteiger partial charge on any atom is 0.255 e. The molecule has 2 aliphatic rings. The first-order valence-corrected chi connectivity index (χ1v) is 9.90. The number of allylic oxidation sites excluding steroid dienone is 1. The predicted molar refractivity (Wildman–Crippen MR) is 112 cm³/mol. The summed E-state index contributed by atoms with van der Waals surface area (Å²) >= 11 is 0. The highest BCUT2D eigenvalue weighted by molar-refractivity contribution is 6.14. The van der Waals surface area contributed by atoms with Gasteiger partial charge < -0.3 is 5.32 Å². The molecule has 2 aromatic heterocycles. The Kier molecular flexibility index (Phi) is 5.09. The fourth-order valence-corrected chi connectivity index (χ4v) is 4.39. The largest absolute Gasteiger partial charge is 0.307 e. The van der Waals surface area contributed by atoms with Crippen molar-refractivity contribution in [1.29, 1.82) is 0 Å². The lowest BCUT2D eigenvalue weighted by atomic mass is 9.67. The van der Waals surface area contributed by atoms with E-state index in [4.69, 9.17) is 4.99 Å². The molecule has 1 amide bonds. The summed E-state index contributed by atoms with van der Waals surface area (Å²) in [4.78, 5) is 39.7. The van der Waals surface area contributed by atoms with Gasteiger partial charge in [-0.05, 0) is 49.9 Å². The third-order valence-electron chi connectivity index (χ3n) is 5.58. The minimum atomic E-state index is -0.412. The number of amides is 1. The second-order valence-corrected chi connectivity index (χ2v) is 7.94. The number of rotatable bonds is 3. The first-order chi connectivity index (χ1) is 13.9. The molecule has 148 valence electrons. The van der Waals surface area contributed by atoms with E-state index >= 15 is 0 Å². The minimum absolute atomic E-state index is 0.142. The number of aliphatic imine (C=N–C) groups is 1. The maximum absolute atomic E-state index is 13.3. The topological polar surface area (TPSA) is 84.3 Å². The lowest BCUT2D eigenvalue weighted by Crippen LogP contribution is -2.41. The molecule has 0 radical (unpaired) electrons. The molecule has 0 bridgehead atoms. The Labute approximate surface area is 170 Å². The van der Waals surface area contributed by atoms with Crippen molar-refractivity contribution in [3.05, 3.63) is 65.3 Å². The predicted octanol–water partition coefficient (Wildman–Crippen LogP) is 3.85. The zero-order valence-electron chi connectivity index (χ0n) is 16.8. The van der Waals surface area contributed by atoms with Gasteiger partial charge in [-0.15, -0.1) is 0 Å². The fourth-order valence-electron chi connectivity index (χ4n) is 4.39. The van der Waals surface area contributed by atoms with E-state index in [1.54, 1.807) is 18.5 Å². The molecule has 2 aromatic rings. The SMILES string of the molecule is CC1=C(C(=O)Nc2cccc(C)n2)[C@@H](c2cccnc2)[C@H]2C(=O)C[C@H](C)CC2=N1. The quantitative estimate of drug-likeness (QED) is 0.865. The Morgan fingerprint density at radius 1 is 1.10 bits per heavy atom. The summed E-state index contributed by atoms with van der Waals surface area (Å²) in [5.41, 5.74) is 3.72. The summed E-state index contributed by atoms with van der Waals surface area (Å²) in [6.07, 6.45) is 4.72. The van der Waals surface area contributed by atoms with Crippen molar-refractivity contribution in [2.75, 3.05) is 5.32 Å². The van der Waals surface area contributed by atoms with Crippen molar-refractivity contribution >= 4 is 23.2 Å². The van der Waals surface area contributed by atoms with Crippen molar-refractivity contribution in [2.45, 2.75) is 39.5 Å². The van der Waals surface area contributed by atoms with Crippen molar-refractivity contribution in [2.24, 2.45) is 16.8 Å². The van der Waals surface area contributed by atoms with E-state index in [2.05, 4.69) is 22.2 Å². The average Bonchev–Trinajstić information content (AvgIpc) is 2.67. The van der Waals surface area contributed by atoms with Crippen molar-refractivity contribution in [1.82, 2.24) is 9.97 Å². The summed E-state index contributed by atoms with van der Waals surface area (Å²) < 4.78 is 0. The number of fused-ring (bicyclic) bond motifs is 1. The van der Waals surface area contributed by atoms with Crippen molar-refractivity contribution in [3.63, 3.8) is 0 Å². The first-order valence-electron chi connectivity index (χ1n) is 9.90. The summed E-state index contributed by atoms with van der Waals surface area (Å²) in [6.45, 7) is 5.78. The van der Waals surface area contributed by atoms with Crippen LogP contribution in [-0.4, -0.2) is 27.4 Å². The first kappa shape index (κ1) is 19.2. The third-order valence-corrected chi connectivity index (χ3v) is 5.58. The molecule has 0 unspecified atom stereocenters. The van der Waals surface area contributed by atoms with Crippen LogP contribution >= 0.6 is 0 Å². The van der Waals surface area contributed by atoms with E-state index in [1.807, 2.05) is 38.1 Å². The van der Waals surface area contributed by atoms with Gasteiger partial charge in [0.15, 0.2) is 0 Å². The molecule has 1 N–H and O–H groups in total. The molecule has 3 atom stereocenters. The van der Waals surface area contributed by atoms with Gasteiger partial charge in [0.2, 0.25) is 0 Å². The lowest BCUT2D eigenvalue weighted by Gasteiger charge is -2.37. The van der Waals surface area contributed by atoms with Gasteiger partial charge in [-0.25, -0.2) is 4.98 Å². The normalized spacial score (nSPS) is 24.0. The third kappa shape index (κ3) is 3.75. The number of aryl methyl sites for hydroxylation is 1. The number of aromatic nitrogens is 2. The van der Waals surface area contributed by atoms with Crippen LogP contribution in [0.15, 0.2) is 59.0 Å². The highest BCUT2D eigenvalue weighted by atomic mass is 16.2. The molecule has 6 heteroatoms. The van der Waals surface area contributed by atoms with E-state index in [0.717, 1.165) is 23.4 Å². The Balaban J connectivity index is 1.79. The molecular formula is C23H24N4O2. The number of carbonyl (C=O) groups is 2. The highest BCUT2D eigenvalue weighted by Crippen LogP contribution is 2.43. The number of hydrogen-bond acceptors (Lipinski definition) is 5. The summed E-state index contributed by atoms with van der Waals surface area (Å²) in [5, 5.41) is 2.89. The van der Waals surface area contributed by atoms with Crippen LogP contribution in [-0.2, 0) is 9.59 Å². The Morgan fingerprint density at radius 3 is 2.66 bits per heavy atom. The molecule has 6 nitrogen and oxygen atoms in total. The van der Waals surface area contributed by atoms with E-state index in [0.29, 0.717) is 23.5 Å². The lowest BCUT2D eigenvalue weighted by molar-refractivity contribution is -0.123. The molecule has 0 spiro atoms. The monoisotopic (exact) mass is 388 g/mol. The average molecular weight is 388 g/mol. The smallest absolute Gasteiger partial charge is 0.255 e. The number of nitrogens with zero attached hydrogens (tertiary/aromatic N) is 3. The van der Waals surface area contributed by atoms with E-state index < -0.39 is 5.92 Å². The Bertz CT molecular complexity index is 1030. The molecule has 4 rings (SSSR count). The number of nitrogens with one attached hydrogen (secondary N) is 1. The van der Waals surface area contributed by atoms with Gasteiger partial charge in [-0.2, -0.15) is 0 Å². The number of anilines is 1. The van der Waals surface area contributed by atoms with E-state index in [9.17, 15) is 9.59 Å². The summed E-state index contributed by atoms with van der Waals surface area (Å²) in [5.74, 6) is -0.178. The Hall–Kier alpha value is -3.15. The Morgan fingerprint density at radius 2 is 1.93 bits per heavy atom. The standard InChI is InChI=1S/C23H24N4O2/c1-13-10-17-22(18(28)11-13)21(16-7-5-9-24-12-16)20(15(3)26-17)23(29)27-19-8-4-6-14(2)25-19/h4-9,12-13,21-22H,10-11H2,1-3H3,(H,25,27,29)/t13-,21-,22-/m1/s1. The van der Waals surface area contributed by atoms with Crippen molar-refractivity contribution in [3.8, 4) is 0 Å². The van der Waals surface area contributed by atoms with Crippen LogP contribution in [0.3, 0.4) is 0 Å². The molecule has 1 saturated carbocycles. The van der Waals surface area contributed by atoms with Crippen molar-refractivity contribution < 1.29 is 9.59 Å². The fraction of sp³-hybridized carbons (Fsp3) is 0.348. The number of Topliss-reactive ketones (excluding diaryl/α,β-unsaturated/α-hetero) is 1. The molecule has 1 fully saturated rings. The molecule has 3 heterocycles. The number of hydrogen-bond donors (Lipinski definition) is 1. The molecule has 0 aromatic carbocycles. The number of pyridine rings is 2. The van der Waals surface area contributed by atoms with Crippen LogP contribution in [0.25, 0.3) is 0 Å². The van der Waals surface area contributed by atoms with Crippen LogP contribution in [0.2, 0.25) is 0 Å². The van der Waals surface area contributed by atoms with Crippen LogP contribution in [0.5, 0.6) is 0 Å². The van der Waals surface area contributed by atoms with Crippen LogP contribution in [0.4, 0.5) is 5.82 Å². The summed E-state index contributed by atoms with van der Waals surface area (Å²) in [7, 11) is 0. The molecular weight excluding hydrogens is 364 g/mol. The van der Waals surface area contributed by atoms with Crippen LogP contribution in [0, 0.1) is 18.8 Å². The molecule has 1 aliphatic carbocycles. The van der Waals surface area contributed by atoms with Gasteiger partial charge in [0.05, 0.1) is 5.92 Å². The zero-order valence-corrected chi connectivity index (χ0v) is 16.8. The van der Waals surface area contributed by atoms with Gasteiger partial charge in [0.1, 0.15) is 11.6 Å². The van der Waals surface area contributed by atoms with Crippen LogP contribution < -0.4 is 5.32 Å². The second kappa shape index (κ2) is 7.70. The van der Waals surface area contributed by atoms with Crippen LogP contribution in [0.1, 0.15) is 43.9 Å². The molecule has 29 heavy (non-hydrogen) atoms. The minimum Gasteiger partial charge on any atom is -0.307 e. The van der Waals surface area contributed by atoms with Gasteiger partial charge in [0, 0.05) is 47.4 Å². The summed E-state index contributed by atoms with van der Waals surface area (Å²) in [6, 6.07) is 9.24. The van der Waals surface area contributed by atoms with Gasteiger partial charge in [-0.3, -0.25) is 19.6 Å². The number of ketones is 1. The number of carbonyl (C=O) groups excluding carboxylic acids is 2. The second-order valence-electron chi connectivity index (χ2n) is 7.94. The van der Waals surface area contributed by atoms with Gasteiger partial charge in [0.25, 0.3) is 5.91 Å². The van der Waals surface area contributed by atoms with Gasteiger partial charge >= 0.3 is 0 Å².